The van der Waals surface area contributed by atoms with Crippen molar-refractivity contribution in [3.8, 4) is 0 Å². The fraction of sp³-hybridized carbons (Fsp3) is 0.250. The summed E-state index contributed by atoms with van der Waals surface area (Å²) in [4.78, 5) is 4.22. The number of hydrogen-bond donors (Lipinski definition) is 1. The molecular weight excluding hydrogens is 264 g/mol. The van der Waals surface area contributed by atoms with Gasteiger partial charge in [0.1, 0.15) is 5.01 Å². The van der Waals surface area contributed by atoms with Crippen molar-refractivity contribution in [1.29, 1.82) is 0 Å². The van der Waals surface area contributed by atoms with Crippen molar-refractivity contribution in [2.24, 2.45) is 7.05 Å². The van der Waals surface area contributed by atoms with Gasteiger partial charge in [-0.25, -0.2) is 4.98 Å². The zero-order valence-electron chi connectivity index (χ0n) is 7.57. The summed E-state index contributed by atoms with van der Waals surface area (Å²) in [6, 6.07) is 0. The molecule has 0 aliphatic rings. The lowest BCUT2D eigenvalue weighted by Gasteiger charge is -1.98. The molecule has 2 heterocycles. The van der Waals surface area contributed by atoms with Gasteiger partial charge in [-0.1, -0.05) is 0 Å². The van der Waals surface area contributed by atoms with E-state index in [4.69, 9.17) is 0 Å². The Bertz CT molecular complexity index is 382. The average Bonchev–Trinajstić information content (AvgIpc) is 2.72. The van der Waals surface area contributed by atoms with Crippen molar-refractivity contribution in [3.63, 3.8) is 0 Å². The van der Waals surface area contributed by atoms with Crippen LogP contribution in [-0.4, -0.2) is 14.8 Å². The van der Waals surface area contributed by atoms with Gasteiger partial charge in [-0.2, -0.15) is 5.10 Å². The molecular formula is C8H9BrN4S. The first-order valence-corrected chi connectivity index (χ1v) is 5.68. The minimum absolute atomic E-state index is 0.738. The lowest BCUT2D eigenvalue weighted by molar-refractivity contribution is 0.768. The van der Waals surface area contributed by atoms with Crippen LogP contribution in [0.1, 0.15) is 5.01 Å². The van der Waals surface area contributed by atoms with Crippen LogP contribution in [0, 0.1) is 0 Å². The molecule has 0 fully saturated rings. The molecule has 0 atom stereocenters. The van der Waals surface area contributed by atoms with E-state index < -0.39 is 0 Å². The molecule has 0 saturated carbocycles. The molecule has 0 bridgehead atoms. The Kier molecular flexibility index (Phi) is 2.83. The van der Waals surface area contributed by atoms with E-state index >= 15 is 0 Å². The third-order valence-electron chi connectivity index (χ3n) is 1.67. The minimum Gasteiger partial charge on any atom is -0.376 e. The monoisotopic (exact) mass is 272 g/mol. The summed E-state index contributed by atoms with van der Waals surface area (Å²) in [6.45, 7) is 0.738. The molecule has 14 heavy (non-hydrogen) atoms. The van der Waals surface area contributed by atoms with Gasteiger partial charge in [-0.3, -0.25) is 4.68 Å². The third-order valence-corrected chi connectivity index (χ3v) is 3.15. The number of anilines is 1. The zero-order chi connectivity index (χ0) is 9.97. The number of aryl methyl sites for hydroxylation is 1. The fourth-order valence-corrected chi connectivity index (χ4v) is 2.30. The number of rotatable bonds is 3. The molecule has 0 aromatic carbocycles. The minimum atomic E-state index is 0.738. The summed E-state index contributed by atoms with van der Waals surface area (Å²) in [5.41, 5.74) is 1.01. The number of halogens is 1. The van der Waals surface area contributed by atoms with Gasteiger partial charge in [-0.15, -0.1) is 11.3 Å². The first kappa shape index (κ1) is 9.67. The Labute approximate surface area is 94.1 Å². The van der Waals surface area contributed by atoms with Crippen LogP contribution >= 0.6 is 27.3 Å². The van der Waals surface area contributed by atoms with E-state index in [2.05, 4.69) is 31.3 Å². The molecule has 4 nitrogen and oxygen atoms in total. The van der Waals surface area contributed by atoms with E-state index in [1.807, 2.05) is 19.4 Å². The summed E-state index contributed by atoms with van der Waals surface area (Å²) < 4.78 is 2.82. The highest BCUT2D eigenvalue weighted by Gasteiger charge is 2.00. The van der Waals surface area contributed by atoms with E-state index in [0.29, 0.717) is 0 Å². The van der Waals surface area contributed by atoms with Crippen LogP contribution in [0.3, 0.4) is 0 Å². The van der Waals surface area contributed by atoms with Gasteiger partial charge in [0.2, 0.25) is 0 Å². The molecule has 0 spiro atoms. The Morgan fingerprint density at radius 3 is 3.00 bits per heavy atom. The highest BCUT2D eigenvalue weighted by molar-refractivity contribution is 9.11. The van der Waals surface area contributed by atoms with Gasteiger partial charge in [0.15, 0.2) is 0 Å². The summed E-state index contributed by atoms with van der Waals surface area (Å²) in [6.07, 6.45) is 5.54. The SMILES string of the molecule is Cn1cc(NCc2ncc(Br)s2)cn1. The predicted octanol–water partition coefficient (Wildman–Crippen LogP) is 2.25. The Morgan fingerprint density at radius 2 is 2.43 bits per heavy atom. The van der Waals surface area contributed by atoms with Crippen molar-refractivity contribution in [2.75, 3.05) is 5.32 Å². The van der Waals surface area contributed by atoms with Crippen molar-refractivity contribution in [2.45, 2.75) is 6.54 Å². The maximum atomic E-state index is 4.22. The van der Waals surface area contributed by atoms with Crippen molar-refractivity contribution in [1.82, 2.24) is 14.8 Å². The summed E-state index contributed by atoms with van der Waals surface area (Å²) in [5.74, 6) is 0. The molecule has 0 saturated heterocycles. The molecule has 0 radical (unpaired) electrons. The molecule has 0 aliphatic heterocycles. The lowest BCUT2D eigenvalue weighted by atomic mass is 10.5. The topological polar surface area (TPSA) is 42.7 Å². The van der Waals surface area contributed by atoms with Crippen LogP contribution < -0.4 is 5.32 Å². The molecule has 2 rings (SSSR count). The van der Waals surface area contributed by atoms with Crippen LogP contribution in [-0.2, 0) is 13.6 Å². The molecule has 6 heteroatoms. The zero-order valence-corrected chi connectivity index (χ0v) is 9.97. The molecule has 1 N–H and O–H groups in total. The van der Waals surface area contributed by atoms with E-state index in [1.165, 1.54) is 0 Å². The normalized spacial score (nSPS) is 10.4. The molecule has 0 unspecified atom stereocenters. The van der Waals surface area contributed by atoms with Crippen LogP contribution in [0.25, 0.3) is 0 Å². The lowest BCUT2D eigenvalue weighted by Crippen LogP contribution is -1.97. The second kappa shape index (κ2) is 4.10. The van der Waals surface area contributed by atoms with E-state index in [9.17, 15) is 0 Å². The maximum Gasteiger partial charge on any atom is 0.113 e. The van der Waals surface area contributed by atoms with Gasteiger partial charge in [0, 0.05) is 13.2 Å². The molecule has 0 amide bonds. The maximum absolute atomic E-state index is 4.22. The first-order valence-electron chi connectivity index (χ1n) is 4.07. The van der Waals surface area contributed by atoms with Gasteiger partial charge in [-0.05, 0) is 15.9 Å². The summed E-state index contributed by atoms with van der Waals surface area (Å²) in [5, 5.41) is 8.36. The largest absolute Gasteiger partial charge is 0.376 e. The first-order chi connectivity index (χ1) is 6.74. The molecule has 2 aromatic rings. The Hall–Kier alpha value is -0.880. The van der Waals surface area contributed by atoms with Crippen LogP contribution in [0.5, 0.6) is 0 Å². The third kappa shape index (κ3) is 2.33. The quantitative estimate of drug-likeness (QED) is 0.932. The number of nitrogens with zero attached hydrogens (tertiary/aromatic N) is 3. The standard InChI is InChI=1S/C8H9BrN4S/c1-13-5-6(2-12-13)10-4-8-11-3-7(9)14-8/h2-3,5,10H,4H2,1H3. The Balaban J connectivity index is 1.94. The fourth-order valence-electron chi connectivity index (χ4n) is 1.06. The van der Waals surface area contributed by atoms with E-state index in [-0.39, 0.29) is 0 Å². The highest BCUT2D eigenvalue weighted by Crippen LogP contribution is 2.19. The van der Waals surface area contributed by atoms with Crippen LogP contribution in [0.4, 0.5) is 5.69 Å². The van der Waals surface area contributed by atoms with E-state index in [1.54, 1.807) is 22.2 Å². The van der Waals surface area contributed by atoms with Crippen molar-refractivity contribution in [3.05, 3.63) is 27.4 Å². The molecule has 0 aliphatic carbocycles. The number of hydrogen-bond acceptors (Lipinski definition) is 4. The van der Waals surface area contributed by atoms with Crippen molar-refractivity contribution < 1.29 is 0 Å². The number of aromatic nitrogens is 3. The summed E-state index contributed by atoms with van der Waals surface area (Å²) >= 11 is 5.00. The predicted molar refractivity (Wildman–Crippen MR) is 60.3 cm³/mol. The van der Waals surface area contributed by atoms with Gasteiger partial charge < -0.3 is 5.32 Å². The van der Waals surface area contributed by atoms with Crippen molar-refractivity contribution >= 4 is 33.0 Å². The van der Waals surface area contributed by atoms with Gasteiger partial charge >= 0.3 is 0 Å². The molecule has 74 valence electrons. The highest BCUT2D eigenvalue weighted by atomic mass is 79.9. The summed E-state index contributed by atoms with van der Waals surface area (Å²) in [7, 11) is 1.89. The van der Waals surface area contributed by atoms with Crippen LogP contribution in [0.15, 0.2) is 22.4 Å². The smallest absolute Gasteiger partial charge is 0.113 e. The average molecular weight is 273 g/mol. The Morgan fingerprint density at radius 1 is 1.57 bits per heavy atom. The number of thiazole rings is 1. The van der Waals surface area contributed by atoms with Gasteiger partial charge in [0.25, 0.3) is 0 Å². The number of nitrogens with one attached hydrogen (secondary N) is 1. The van der Waals surface area contributed by atoms with Crippen LogP contribution in [0.2, 0.25) is 0 Å². The second-order valence-electron chi connectivity index (χ2n) is 2.81. The van der Waals surface area contributed by atoms with Gasteiger partial charge in [0.05, 0.1) is 28.4 Å². The second-order valence-corrected chi connectivity index (χ2v) is 5.31. The van der Waals surface area contributed by atoms with E-state index in [0.717, 1.165) is 21.0 Å². The molecule has 2 aromatic heterocycles.